The molecule has 1 N–H and O–H groups in total. The van der Waals surface area contributed by atoms with Gasteiger partial charge in [0.1, 0.15) is 0 Å². The van der Waals surface area contributed by atoms with Gasteiger partial charge in [-0.15, -0.1) is 0 Å². The summed E-state index contributed by atoms with van der Waals surface area (Å²) in [5.41, 5.74) is 0.698. The molecule has 1 aliphatic carbocycles. The van der Waals surface area contributed by atoms with Gasteiger partial charge in [0.05, 0.1) is 0 Å². The van der Waals surface area contributed by atoms with E-state index in [1.54, 1.807) is 12.4 Å². The molecule has 1 aromatic heterocycles. The van der Waals surface area contributed by atoms with E-state index in [9.17, 15) is 4.79 Å². The van der Waals surface area contributed by atoms with E-state index in [2.05, 4.69) is 29.2 Å². The molecule has 4 heteroatoms. The standard InChI is InChI=1S/C22H31N3O/c1-17-4-3-5-18(14-17)9-12-25(2)13-11-24-22(26)20-7-6-19-8-10-23-16-21(19)15-20/h6-8,10,15-18H,3-5,9,11-14H2,1-2H3,(H,24,26). The van der Waals surface area contributed by atoms with Crippen molar-refractivity contribution in [1.82, 2.24) is 15.2 Å². The highest BCUT2D eigenvalue weighted by Crippen LogP contribution is 2.30. The van der Waals surface area contributed by atoms with Crippen molar-refractivity contribution in [2.24, 2.45) is 11.8 Å². The zero-order valence-corrected chi connectivity index (χ0v) is 16.1. The highest BCUT2D eigenvalue weighted by atomic mass is 16.1. The average Bonchev–Trinajstić information content (AvgIpc) is 2.66. The summed E-state index contributed by atoms with van der Waals surface area (Å²) >= 11 is 0. The van der Waals surface area contributed by atoms with Gasteiger partial charge in [-0.1, -0.05) is 32.3 Å². The minimum absolute atomic E-state index is 0.00902. The lowest BCUT2D eigenvalue weighted by Crippen LogP contribution is -2.34. The molecule has 3 rings (SSSR count). The molecule has 2 unspecified atom stereocenters. The predicted molar refractivity (Wildman–Crippen MR) is 107 cm³/mol. The van der Waals surface area contributed by atoms with Crippen LogP contribution in [-0.2, 0) is 0 Å². The fraction of sp³-hybridized carbons (Fsp3) is 0.545. The fourth-order valence-corrected chi connectivity index (χ4v) is 4.03. The van der Waals surface area contributed by atoms with Gasteiger partial charge in [0.25, 0.3) is 5.91 Å². The Bertz CT molecular complexity index is 730. The molecule has 0 aliphatic heterocycles. The molecule has 140 valence electrons. The van der Waals surface area contributed by atoms with Crippen molar-refractivity contribution < 1.29 is 4.79 Å². The van der Waals surface area contributed by atoms with E-state index < -0.39 is 0 Å². The largest absolute Gasteiger partial charge is 0.351 e. The summed E-state index contributed by atoms with van der Waals surface area (Å²) in [7, 11) is 2.15. The minimum Gasteiger partial charge on any atom is -0.351 e. The predicted octanol–water partition coefficient (Wildman–Crippen LogP) is 4.11. The Hall–Kier alpha value is -1.94. The number of likely N-dealkylation sites (N-methyl/N-ethyl adjacent to an activating group) is 1. The van der Waals surface area contributed by atoms with Crippen LogP contribution in [0.4, 0.5) is 0 Å². The summed E-state index contributed by atoms with van der Waals surface area (Å²) in [5, 5.41) is 5.14. The highest BCUT2D eigenvalue weighted by molar-refractivity contribution is 5.98. The second kappa shape index (κ2) is 9.13. The first-order valence-electron chi connectivity index (χ1n) is 9.92. The first-order chi connectivity index (χ1) is 12.6. The topological polar surface area (TPSA) is 45.2 Å². The highest BCUT2D eigenvalue weighted by Gasteiger charge is 2.18. The zero-order chi connectivity index (χ0) is 18.4. The number of amides is 1. The molecule has 1 fully saturated rings. The molecule has 1 aliphatic rings. The number of benzene rings is 1. The maximum atomic E-state index is 12.4. The molecule has 1 aromatic carbocycles. The van der Waals surface area contributed by atoms with Crippen LogP contribution in [0, 0.1) is 11.8 Å². The lowest BCUT2D eigenvalue weighted by atomic mass is 9.81. The second-order valence-electron chi connectivity index (χ2n) is 7.92. The van der Waals surface area contributed by atoms with E-state index in [-0.39, 0.29) is 5.91 Å². The molecule has 2 aromatic rings. The number of aromatic nitrogens is 1. The Labute approximate surface area is 157 Å². The average molecular weight is 354 g/mol. The van der Waals surface area contributed by atoms with Crippen LogP contribution in [0.25, 0.3) is 10.8 Å². The molecule has 1 amide bonds. The molecule has 0 saturated heterocycles. The van der Waals surface area contributed by atoms with E-state index in [1.165, 1.54) is 32.1 Å². The van der Waals surface area contributed by atoms with Crippen molar-refractivity contribution in [3.05, 3.63) is 42.2 Å². The summed E-state index contributed by atoms with van der Waals surface area (Å²) in [6.07, 6.45) is 10.4. The molecule has 4 nitrogen and oxygen atoms in total. The number of pyridine rings is 1. The van der Waals surface area contributed by atoms with Crippen molar-refractivity contribution >= 4 is 16.7 Å². The summed E-state index contributed by atoms with van der Waals surface area (Å²) < 4.78 is 0. The van der Waals surface area contributed by atoms with Crippen LogP contribution >= 0.6 is 0 Å². The second-order valence-corrected chi connectivity index (χ2v) is 7.92. The Balaban J connectivity index is 1.39. The quantitative estimate of drug-likeness (QED) is 0.815. The number of fused-ring (bicyclic) bond motifs is 1. The molecule has 0 radical (unpaired) electrons. The summed E-state index contributed by atoms with van der Waals surface area (Å²) in [5.74, 6) is 1.78. The van der Waals surface area contributed by atoms with Crippen LogP contribution in [-0.4, -0.2) is 42.5 Å². The SMILES string of the molecule is CC1CCCC(CCN(C)CCNC(=O)c2ccc3ccncc3c2)C1. The van der Waals surface area contributed by atoms with Gasteiger partial charge in [-0.25, -0.2) is 0 Å². The molecule has 0 bridgehead atoms. The Kier molecular flexibility index (Phi) is 6.62. The van der Waals surface area contributed by atoms with Gasteiger partial charge in [0.2, 0.25) is 0 Å². The normalized spacial score (nSPS) is 20.4. The molecular formula is C22H31N3O. The lowest BCUT2D eigenvalue weighted by molar-refractivity contribution is 0.0949. The van der Waals surface area contributed by atoms with Gasteiger partial charge in [-0.3, -0.25) is 9.78 Å². The molecular weight excluding hydrogens is 322 g/mol. The smallest absolute Gasteiger partial charge is 0.251 e. The van der Waals surface area contributed by atoms with Crippen molar-refractivity contribution in [2.75, 3.05) is 26.7 Å². The van der Waals surface area contributed by atoms with Crippen LogP contribution in [0.2, 0.25) is 0 Å². The van der Waals surface area contributed by atoms with E-state index in [1.807, 2.05) is 24.3 Å². The first kappa shape index (κ1) is 18.8. The van der Waals surface area contributed by atoms with Crippen molar-refractivity contribution in [1.29, 1.82) is 0 Å². The molecule has 1 saturated carbocycles. The van der Waals surface area contributed by atoms with Gasteiger partial charge in [-0.05, 0) is 61.9 Å². The van der Waals surface area contributed by atoms with Crippen LogP contribution in [0.15, 0.2) is 36.7 Å². The summed E-state index contributed by atoms with van der Waals surface area (Å²) in [6, 6.07) is 7.72. The molecule has 26 heavy (non-hydrogen) atoms. The minimum atomic E-state index is -0.00902. The number of hydrogen-bond donors (Lipinski definition) is 1. The van der Waals surface area contributed by atoms with E-state index >= 15 is 0 Å². The fourth-order valence-electron chi connectivity index (χ4n) is 4.03. The summed E-state index contributed by atoms with van der Waals surface area (Å²) in [4.78, 5) is 18.8. The Morgan fingerprint density at radius 2 is 2.12 bits per heavy atom. The van der Waals surface area contributed by atoms with Gasteiger partial charge >= 0.3 is 0 Å². The van der Waals surface area contributed by atoms with Gasteiger partial charge in [0, 0.05) is 36.4 Å². The summed E-state index contributed by atoms with van der Waals surface area (Å²) in [6.45, 7) is 5.08. The number of nitrogens with one attached hydrogen (secondary N) is 1. The maximum Gasteiger partial charge on any atom is 0.251 e. The molecule has 2 atom stereocenters. The van der Waals surface area contributed by atoms with Gasteiger partial charge < -0.3 is 10.2 Å². The van der Waals surface area contributed by atoms with Crippen LogP contribution < -0.4 is 5.32 Å². The van der Waals surface area contributed by atoms with E-state index in [0.717, 1.165) is 35.7 Å². The zero-order valence-electron chi connectivity index (χ0n) is 16.1. The van der Waals surface area contributed by atoms with Crippen LogP contribution in [0.5, 0.6) is 0 Å². The Morgan fingerprint density at radius 3 is 2.96 bits per heavy atom. The third-order valence-corrected chi connectivity index (χ3v) is 5.65. The van der Waals surface area contributed by atoms with Crippen LogP contribution in [0.1, 0.15) is 49.4 Å². The number of carbonyl (C=O) groups is 1. The van der Waals surface area contributed by atoms with E-state index in [0.29, 0.717) is 12.1 Å². The van der Waals surface area contributed by atoms with Crippen molar-refractivity contribution in [3.8, 4) is 0 Å². The molecule has 1 heterocycles. The van der Waals surface area contributed by atoms with Crippen LogP contribution in [0.3, 0.4) is 0 Å². The number of carbonyl (C=O) groups excluding carboxylic acids is 1. The number of nitrogens with zero attached hydrogens (tertiary/aromatic N) is 2. The monoisotopic (exact) mass is 353 g/mol. The number of hydrogen-bond acceptors (Lipinski definition) is 3. The Morgan fingerprint density at radius 1 is 1.23 bits per heavy atom. The van der Waals surface area contributed by atoms with Crippen molar-refractivity contribution in [2.45, 2.75) is 39.0 Å². The molecule has 0 spiro atoms. The third kappa shape index (κ3) is 5.28. The lowest BCUT2D eigenvalue weighted by Gasteiger charge is -2.28. The maximum absolute atomic E-state index is 12.4. The third-order valence-electron chi connectivity index (χ3n) is 5.65. The van der Waals surface area contributed by atoms with Gasteiger partial charge in [0.15, 0.2) is 0 Å². The van der Waals surface area contributed by atoms with E-state index in [4.69, 9.17) is 0 Å². The van der Waals surface area contributed by atoms with Gasteiger partial charge in [-0.2, -0.15) is 0 Å². The first-order valence-corrected chi connectivity index (χ1v) is 9.92. The van der Waals surface area contributed by atoms with Crippen molar-refractivity contribution in [3.63, 3.8) is 0 Å². The number of rotatable bonds is 7.